The molecule has 2 aliphatic rings. The number of benzene rings is 2. The highest BCUT2D eigenvalue weighted by Gasteiger charge is 2.49. The van der Waals surface area contributed by atoms with Gasteiger partial charge in [0.15, 0.2) is 15.0 Å². The molecule has 0 aromatic heterocycles. The molecule has 0 radical (unpaired) electrons. The molecule has 0 unspecified atom stereocenters. The number of anilines is 1. The van der Waals surface area contributed by atoms with Crippen LogP contribution in [0.15, 0.2) is 53.5 Å². The highest BCUT2D eigenvalue weighted by atomic mass is 32.2. The van der Waals surface area contributed by atoms with Gasteiger partial charge in [0.05, 0.1) is 31.8 Å². The Morgan fingerprint density at radius 1 is 1.07 bits per heavy atom. The number of rotatable bonds is 4. The largest absolute Gasteiger partial charge is 0.497 e. The van der Waals surface area contributed by atoms with Gasteiger partial charge in [0.25, 0.3) is 5.91 Å². The normalized spacial score (nSPS) is 23.8. The molecule has 0 saturated carbocycles. The summed E-state index contributed by atoms with van der Waals surface area (Å²) < 4.78 is 34.7. The topological polar surface area (TPSA) is 85.3 Å². The Kier molecular flexibility index (Phi) is 5.26. The molecule has 1 amide bonds. The van der Waals surface area contributed by atoms with E-state index in [2.05, 4.69) is 4.99 Å². The Balaban J connectivity index is 1.71. The first-order chi connectivity index (χ1) is 13.9. The third-order valence-corrected chi connectivity index (χ3v) is 8.11. The Morgan fingerprint density at radius 3 is 2.34 bits per heavy atom. The summed E-state index contributed by atoms with van der Waals surface area (Å²) in [6, 6.07) is 14.1. The second-order valence-corrected chi connectivity index (χ2v) is 10.2. The molecule has 2 saturated heterocycles. The molecule has 2 aliphatic heterocycles. The maximum absolute atomic E-state index is 12.9. The van der Waals surface area contributed by atoms with Crippen molar-refractivity contribution in [1.29, 1.82) is 0 Å². The number of ether oxygens (including phenoxy) is 2. The fraction of sp³-hybridized carbons (Fsp3) is 0.300. The summed E-state index contributed by atoms with van der Waals surface area (Å²) in [5.74, 6) is 0.698. The number of fused-ring (bicyclic) bond motifs is 1. The van der Waals surface area contributed by atoms with Crippen LogP contribution < -0.4 is 14.4 Å². The van der Waals surface area contributed by atoms with Crippen LogP contribution in [0.25, 0.3) is 0 Å². The molecule has 2 atom stereocenters. The molecular weight excluding hydrogens is 412 g/mol. The van der Waals surface area contributed by atoms with Crippen molar-refractivity contribution < 1.29 is 22.7 Å². The van der Waals surface area contributed by atoms with Crippen LogP contribution in [-0.4, -0.2) is 56.5 Å². The summed E-state index contributed by atoms with van der Waals surface area (Å²) in [4.78, 5) is 19.1. The summed E-state index contributed by atoms with van der Waals surface area (Å²) in [5.41, 5.74) is 1.16. The van der Waals surface area contributed by atoms with E-state index in [4.69, 9.17) is 9.47 Å². The number of amidine groups is 1. The lowest BCUT2D eigenvalue weighted by atomic mass is 10.2. The van der Waals surface area contributed by atoms with Crippen LogP contribution in [0.2, 0.25) is 0 Å². The fourth-order valence-electron chi connectivity index (χ4n) is 3.54. The van der Waals surface area contributed by atoms with Crippen molar-refractivity contribution in [2.75, 3.05) is 30.6 Å². The maximum Gasteiger partial charge on any atom is 0.279 e. The molecule has 2 heterocycles. The maximum atomic E-state index is 12.9. The van der Waals surface area contributed by atoms with E-state index in [1.165, 1.54) is 26.0 Å². The number of aliphatic imine (C=N–C) groups is 1. The van der Waals surface area contributed by atoms with Crippen LogP contribution in [0.5, 0.6) is 11.5 Å². The molecule has 4 rings (SSSR count). The van der Waals surface area contributed by atoms with E-state index in [0.29, 0.717) is 22.2 Å². The standard InChI is InChI=1S/C20H20N2O5S2/c1-26-15-8-13(9-16(10-15)27-2)19(23)21-20-22(14-6-4-3-5-7-14)17-11-29(24,25)12-18(17)28-20/h3-10,17-18H,11-12H2,1-2H3/t17-,18-/m1/s1. The Labute approximate surface area is 173 Å². The molecule has 29 heavy (non-hydrogen) atoms. The summed E-state index contributed by atoms with van der Waals surface area (Å²) in [7, 11) is -0.0752. The van der Waals surface area contributed by atoms with E-state index < -0.39 is 15.7 Å². The van der Waals surface area contributed by atoms with Gasteiger partial charge in [-0.2, -0.15) is 4.99 Å². The predicted octanol–water partition coefficient (Wildman–Crippen LogP) is 2.62. The quantitative estimate of drug-likeness (QED) is 0.734. The molecule has 0 bridgehead atoms. The lowest BCUT2D eigenvalue weighted by Gasteiger charge is -2.24. The van der Waals surface area contributed by atoms with Gasteiger partial charge in [0.2, 0.25) is 0 Å². The molecular formula is C20H20N2O5S2. The van der Waals surface area contributed by atoms with Crippen molar-refractivity contribution in [3.63, 3.8) is 0 Å². The van der Waals surface area contributed by atoms with Crippen molar-refractivity contribution in [2.45, 2.75) is 11.3 Å². The molecule has 7 nitrogen and oxygen atoms in total. The van der Waals surface area contributed by atoms with Crippen molar-refractivity contribution in [1.82, 2.24) is 0 Å². The van der Waals surface area contributed by atoms with Gasteiger partial charge in [-0.3, -0.25) is 4.79 Å². The highest BCUT2D eigenvalue weighted by molar-refractivity contribution is 8.16. The minimum Gasteiger partial charge on any atom is -0.497 e. The Morgan fingerprint density at radius 2 is 1.72 bits per heavy atom. The van der Waals surface area contributed by atoms with Crippen molar-refractivity contribution in [3.8, 4) is 11.5 Å². The molecule has 152 valence electrons. The van der Waals surface area contributed by atoms with E-state index in [9.17, 15) is 13.2 Å². The number of carbonyl (C=O) groups is 1. The molecule has 2 fully saturated rings. The fourth-order valence-corrected chi connectivity index (χ4v) is 7.45. The van der Waals surface area contributed by atoms with Gasteiger partial charge in [-0.1, -0.05) is 30.0 Å². The number of carbonyl (C=O) groups excluding carboxylic acids is 1. The molecule has 2 aromatic carbocycles. The van der Waals surface area contributed by atoms with Gasteiger partial charge < -0.3 is 14.4 Å². The molecule has 0 N–H and O–H groups in total. The van der Waals surface area contributed by atoms with E-state index in [-0.39, 0.29) is 22.8 Å². The first-order valence-electron chi connectivity index (χ1n) is 8.97. The summed E-state index contributed by atoms with van der Waals surface area (Å²) in [6.45, 7) is 0. The first kappa shape index (κ1) is 19.8. The number of methoxy groups -OCH3 is 2. The van der Waals surface area contributed by atoms with Crippen LogP contribution in [-0.2, 0) is 9.84 Å². The van der Waals surface area contributed by atoms with E-state index in [1.807, 2.05) is 35.2 Å². The van der Waals surface area contributed by atoms with Crippen LogP contribution in [0.1, 0.15) is 10.4 Å². The second-order valence-electron chi connectivity index (χ2n) is 6.81. The van der Waals surface area contributed by atoms with Crippen molar-refractivity contribution in [2.24, 2.45) is 4.99 Å². The van der Waals surface area contributed by atoms with Crippen LogP contribution >= 0.6 is 11.8 Å². The Bertz CT molecular complexity index is 1050. The monoisotopic (exact) mass is 432 g/mol. The summed E-state index contributed by atoms with van der Waals surface area (Å²) in [5, 5.41) is 0.361. The smallest absolute Gasteiger partial charge is 0.279 e. The Hall–Kier alpha value is -2.52. The lowest BCUT2D eigenvalue weighted by molar-refractivity contribution is 0.100. The average Bonchev–Trinajstić information content (AvgIpc) is 3.18. The van der Waals surface area contributed by atoms with E-state index >= 15 is 0 Å². The summed E-state index contributed by atoms with van der Waals surface area (Å²) in [6.07, 6.45) is 0. The molecule has 0 spiro atoms. The second kappa shape index (κ2) is 7.72. The number of para-hydroxylation sites is 1. The van der Waals surface area contributed by atoms with Gasteiger partial charge in [-0.15, -0.1) is 0 Å². The number of nitrogens with zero attached hydrogens (tertiary/aromatic N) is 2. The molecule has 9 heteroatoms. The minimum absolute atomic E-state index is 0.0553. The zero-order valence-corrected chi connectivity index (χ0v) is 17.6. The van der Waals surface area contributed by atoms with E-state index in [1.54, 1.807) is 18.2 Å². The lowest BCUT2D eigenvalue weighted by Crippen LogP contribution is -2.37. The average molecular weight is 433 g/mol. The first-order valence-corrected chi connectivity index (χ1v) is 11.7. The third kappa shape index (κ3) is 3.97. The van der Waals surface area contributed by atoms with Gasteiger partial charge in [-0.25, -0.2) is 8.42 Å². The van der Waals surface area contributed by atoms with Crippen LogP contribution in [0.3, 0.4) is 0 Å². The van der Waals surface area contributed by atoms with Crippen LogP contribution in [0, 0.1) is 0 Å². The number of sulfone groups is 1. The van der Waals surface area contributed by atoms with Gasteiger partial charge in [0, 0.05) is 22.6 Å². The van der Waals surface area contributed by atoms with Gasteiger partial charge in [0.1, 0.15) is 11.5 Å². The van der Waals surface area contributed by atoms with Crippen LogP contribution in [0.4, 0.5) is 5.69 Å². The number of hydrogen-bond donors (Lipinski definition) is 0. The summed E-state index contributed by atoms with van der Waals surface area (Å²) >= 11 is 1.34. The van der Waals surface area contributed by atoms with Gasteiger partial charge >= 0.3 is 0 Å². The number of amides is 1. The zero-order valence-electron chi connectivity index (χ0n) is 15.9. The third-order valence-electron chi connectivity index (χ3n) is 4.90. The molecule has 2 aromatic rings. The zero-order chi connectivity index (χ0) is 20.6. The molecule has 0 aliphatic carbocycles. The number of thioether (sulfide) groups is 1. The van der Waals surface area contributed by atoms with Crippen molar-refractivity contribution in [3.05, 3.63) is 54.1 Å². The van der Waals surface area contributed by atoms with E-state index in [0.717, 1.165) is 5.69 Å². The highest BCUT2D eigenvalue weighted by Crippen LogP contribution is 2.41. The SMILES string of the molecule is COc1cc(OC)cc(C(=O)N=C2S[C@@H]3CS(=O)(=O)C[C@H]3N2c2ccccc2)c1. The predicted molar refractivity (Wildman–Crippen MR) is 114 cm³/mol. The minimum atomic E-state index is -3.10. The van der Waals surface area contributed by atoms with Gasteiger partial charge in [-0.05, 0) is 24.3 Å². The number of hydrogen-bond acceptors (Lipinski definition) is 6. The van der Waals surface area contributed by atoms with Crippen molar-refractivity contribution >= 4 is 38.4 Å².